The van der Waals surface area contributed by atoms with Gasteiger partial charge in [0, 0.05) is 11.8 Å². The van der Waals surface area contributed by atoms with Crippen LogP contribution in [-0.2, 0) is 20.2 Å². The molecule has 1 heterocycles. The quantitative estimate of drug-likeness (QED) is 0.760. The van der Waals surface area contributed by atoms with Crippen LogP contribution in [0.4, 0.5) is 5.82 Å². The zero-order valence-corrected chi connectivity index (χ0v) is 11.4. The van der Waals surface area contributed by atoms with E-state index in [4.69, 9.17) is 14.8 Å². The maximum Gasteiger partial charge on any atom is 0.332 e. The van der Waals surface area contributed by atoms with Gasteiger partial charge in [-0.05, 0) is 20.8 Å². The molecule has 17 heavy (non-hydrogen) atoms. The van der Waals surface area contributed by atoms with Gasteiger partial charge in [0.05, 0.1) is 25.9 Å². The lowest BCUT2D eigenvalue weighted by molar-refractivity contribution is 0.218. The first-order valence-corrected chi connectivity index (χ1v) is 7.41. The van der Waals surface area contributed by atoms with Crippen molar-refractivity contribution in [3.8, 4) is 0 Å². The summed E-state index contributed by atoms with van der Waals surface area (Å²) < 4.78 is 24.3. The number of hydrogen-bond donors (Lipinski definition) is 1. The number of hydrogen-bond acceptors (Lipinski definition) is 5. The van der Waals surface area contributed by atoms with Crippen molar-refractivity contribution in [3.05, 3.63) is 11.8 Å². The van der Waals surface area contributed by atoms with Crippen molar-refractivity contribution >= 4 is 13.4 Å². The predicted octanol–water partition coefficient (Wildman–Crippen LogP) is 2.04. The van der Waals surface area contributed by atoms with E-state index < -0.39 is 7.60 Å². The molecule has 1 aromatic heterocycles. The van der Waals surface area contributed by atoms with E-state index in [1.54, 1.807) is 24.6 Å². The van der Waals surface area contributed by atoms with Crippen molar-refractivity contribution in [1.82, 2.24) is 9.78 Å². The van der Waals surface area contributed by atoms with E-state index >= 15 is 0 Å². The Morgan fingerprint density at radius 2 is 2.00 bits per heavy atom. The van der Waals surface area contributed by atoms with Crippen LogP contribution in [0.1, 0.15) is 19.5 Å². The van der Waals surface area contributed by atoms with Gasteiger partial charge in [-0.25, -0.2) is 0 Å². The van der Waals surface area contributed by atoms with Crippen LogP contribution in [0.25, 0.3) is 0 Å². The highest BCUT2D eigenvalue weighted by Gasteiger charge is 2.23. The van der Waals surface area contributed by atoms with Crippen LogP contribution >= 0.6 is 7.60 Å². The van der Waals surface area contributed by atoms with Gasteiger partial charge in [0.15, 0.2) is 0 Å². The number of aryl methyl sites for hydroxylation is 2. The molecule has 0 aliphatic heterocycles. The third-order valence-corrected chi connectivity index (χ3v) is 4.29. The smallest absolute Gasteiger partial charge is 0.332 e. The monoisotopic (exact) mass is 261 g/mol. The van der Waals surface area contributed by atoms with E-state index in [2.05, 4.69) is 5.10 Å². The third-order valence-electron chi connectivity index (χ3n) is 2.24. The highest BCUT2D eigenvalue weighted by atomic mass is 31.2. The fourth-order valence-electron chi connectivity index (χ4n) is 1.54. The summed E-state index contributed by atoms with van der Waals surface area (Å²) in [6.45, 7) is 6.70. The fourth-order valence-corrected chi connectivity index (χ4v) is 3.09. The van der Waals surface area contributed by atoms with Crippen molar-refractivity contribution in [2.24, 2.45) is 0 Å². The van der Waals surface area contributed by atoms with Crippen molar-refractivity contribution in [1.29, 1.82) is 0 Å². The van der Waals surface area contributed by atoms with E-state index in [1.165, 1.54) is 0 Å². The summed E-state index contributed by atoms with van der Waals surface area (Å²) in [4.78, 5) is 0. The second-order valence-electron chi connectivity index (χ2n) is 3.60. The fraction of sp³-hybridized carbons (Fsp3) is 0.700. The number of nitrogens with zero attached hydrogens (tertiary/aromatic N) is 2. The van der Waals surface area contributed by atoms with Gasteiger partial charge in [-0.2, -0.15) is 5.10 Å². The minimum atomic E-state index is -3.00. The largest absolute Gasteiger partial charge is 0.382 e. The Balaban J connectivity index is 2.63. The van der Waals surface area contributed by atoms with Gasteiger partial charge in [0.2, 0.25) is 0 Å². The Hall–Kier alpha value is -0.840. The van der Waals surface area contributed by atoms with E-state index in [1.807, 2.05) is 6.92 Å². The normalized spacial score (nSPS) is 11.9. The predicted molar refractivity (Wildman–Crippen MR) is 67.1 cm³/mol. The van der Waals surface area contributed by atoms with Crippen molar-refractivity contribution in [3.63, 3.8) is 0 Å². The van der Waals surface area contributed by atoms with Crippen LogP contribution in [0.2, 0.25) is 0 Å². The molecule has 0 spiro atoms. The van der Waals surface area contributed by atoms with Gasteiger partial charge < -0.3 is 14.8 Å². The van der Waals surface area contributed by atoms with Gasteiger partial charge in [-0.15, -0.1) is 0 Å². The van der Waals surface area contributed by atoms with E-state index in [-0.39, 0.29) is 0 Å². The lowest BCUT2D eigenvalue weighted by atomic mass is 10.5. The summed E-state index contributed by atoms with van der Waals surface area (Å²) in [5.41, 5.74) is 6.51. The lowest BCUT2D eigenvalue weighted by Crippen LogP contribution is -2.10. The van der Waals surface area contributed by atoms with Gasteiger partial charge in [0.1, 0.15) is 5.82 Å². The van der Waals surface area contributed by atoms with Gasteiger partial charge >= 0.3 is 7.60 Å². The number of nitrogen functional groups attached to an aromatic ring is 1. The molecular weight excluding hydrogens is 241 g/mol. The molecule has 0 aromatic carbocycles. The van der Waals surface area contributed by atoms with Crippen LogP contribution in [0.15, 0.2) is 6.07 Å². The van der Waals surface area contributed by atoms with E-state index in [0.29, 0.717) is 31.7 Å². The average molecular weight is 261 g/mol. The third kappa shape index (κ3) is 4.15. The Morgan fingerprint density at radius 3 is 2.41 bits per heavy atom. The van der Waals surface area contributed by atoms with Gasteiger partial charge in [-0.1, -0.05) is 0 Å². The molecule has 0 saturated heterocycles. The van der Waals surface area contributed by atoms with E-state index in [0.717, 1.165) is 5.69 Å². The summed E-state index contributed by atoms with van der Waals surface area (Å²) >= 11 is 0. The van der Waals surface area contributed by atoms with Crippen LogP contribution in [0.5, 0.6) is 0 Å². The Morgan fingerprint density at radius 1 is 1.41 bits per heavy atom. The van der Waals surface area contributed by atoms with E-state index in [9.17, 15) is 4.57 Å². The molecule has 0 aliphatic rings. The maximum atomic E-state index is 12.2. The molecule has 2 N–H and O–H groups in total. The second kappa shape index (κ2) is 6.19. The summed E-state index contributed by atoms with van der Waals surface area (Å²) in [5, 5.41) is 4.10. The second-order valence-corrected chi connectivity index (χ2v) is 5.79. The maximum absolute atomic E-state index is 12.2. The first kappa shape index (κ1) is 14.2. The zero-order chi connectivity index (χ0) is 12.9. The SMILES string of the molecule is CCOP(=O)(CCn1nc(N)cc1C)OCC. The minimum absolute atomic E-state index is 0.302. The average Bonchev–Trinajstić information content (AvgIpc) is 2.55. The molecule has 98 valence electrons. The molecule has 0 saturated carbocycles. The Kier molecular flexibility index (Phi) is 5.18. The zero-order valence-electron chi connectivity index (χ0n) is 10.5. The van der Waals surface area contributed by atoms with Crippen molar-refractivity contribution in [2.45, 2.75) is 27.3 Å². The standard InChI is InChI=1S/C10H20N3O3P/c1-4-15-17(14,16-5-2)7-6-13-9(3)8-10(11)12-13/h8H,4-7H2,1-3H3,(H2,11,12). The molecule has 0 fully saturated rings. The summed E-state index contributed by atoms with van der Waals surface area (Å²) in [7, 11) is -3.00. The summed E-state index contributed by atoms with van der Waals surface area (Å²) in [6, 6.07) is 1.77. The molecule has 7 heteroatoms. The topological polar surface area (TPSA) is 79.4 Å². The molecule has 0 amide bonds. The van der Waals surface area contributed by atoms with Crippen LogP contribution in [0, 0.1) is 6.92 Å². The minimum Gasteiger partial charge on any atom is -0.382 e. The van der Waals surface area contributed by atoms with Crippen molar-refractivity contribution < 1.29 is 13.6 Å². The highest BCUT2D eigenvalue weighted by molar-refractivity contribution is 7.53. The molecule has 0 aliphatic carbocycles. The lowest BCUT2D eigenvalue weighted by Gasteiger charge is -2.17. The van der Waals surface area contributed by atoms with Crippen LogP contribution in [-0.4, -0.2) is 29.2 Å². The molecule has 0 radical (unpaired) electrons. The molecule has 6 nitrogen and oxygen atoms in total. The number of rotatable bonds is 7. The number of nitrogens with two attached hydrogens (primary N) is 1. The number of aromatic nitrogens is 2. The first-order chi connectivity index (χ1) is 8.00. The Bertz CT molecular complexity index is 396. The van der Waals surface area contributed by atoms with Crippen LogP contribution < -0.4 is 5.73 Å². The molecule has 1 rings (SSSR count). The van der Waals surface area contributed by atoms with Crippen molar-refractivity contribution in [2.75, 3.05) is 25.1 Å². The first-order valence-electron chi connectivity index (χ1n) is 5.68. The summed E-state index contributed by atoms with van der Waals surface area (Å²) in [5.74, 6) is 0.463. The Labute approximate surface area is 102 Å². The van der Waals surface area contributed by atoms with Gasteiger partial charge in [0.25, 0.3) is 0 Å². The highest BCUT2D eigenvalue weighted by Crippen LogP contribution is 2.47. The molecular formula is C10H20N3O3P. The number of anilines is 1. The summed E-state index contributed by atoms with van der Waals surface area (Å²) in [6.07, 6.45) is 0.302. The molecule has 1 aromatic rings. The molecule has 0 bridgehead atoms. The molecule has 0 unspecified atom stereocenters. The van der Waals surface area contributed by atoms with Crippen LogP contribution in [0.3, 0.4) is 0 Å². The molecule has 0 atom stereocenters. The van der Waals surface area contributed by atoms with Gasteiger partial charge in [-0.3, -0.25) is 9.25 Å².